The fourth-order valence-electron chi connectivity index (χ4n) is 2.28. The predicted molar refractivity (Wildman–Crippen MR) is 95.2 cm³/mol. The zero-order valence-corrected chi connectivity index (χ0v) is 14.0. The van der Waals surface area contributed by atoms with Crippen molar-refractivity contribution >= 4 is 5.69 Å². The Balaban J connectivity index is 0.00000109. The minimum absolute atomic E-state index is 0.218. The Morgan fingerprint density at radius 2 is 1.68 bits per heavy atom. The molecular weight excluding hydrogens is 324 g/mol. The van der Waals surface area contributed by atoms with Crippen LogP contribution in [0.15, 0.2) is 59.4 Å². The summed E-state index contributed by atoms with van der Waals surface area (Å²) in [6, 6.07) is 13.0. The smallest absolute Gasteiger partial charge is 0.267 e. The van der Waals surface area contributed by atoms with E-state index in [4.69, 9.17) is 5.73 Å². The number of nitrogens with zero attached hydrogens (tertiary/aromatic N) is 2. The molecule has 1 heterocycles. The number of nitrogens with two attached hydrogens (primary N) is 1. The number of rotatable bonds is 3. The molecule has 6 heteroatoms. The van der Waals surface area contributed by atoms with Gasteiger partial charge in [0.05, 0.1) is 12.2 Å². The highest BCUT2D eigenvalue weighted by Crippen LogP contribution is 2.18. The predicted octanol–water partition coefficient (Wildman–Crippen LogP) is 3.85. The largest absolute Gasteiger partial charge is 0.399 e. The third-order valence-electron chi connectivity index (χ3n) is 3.31. The highest BCUT2D eigenvalue weighted by molar-refractivity contribution is 5.58. The van der Waals surface area contributed by atoms with Gasteiger partial charge in [-0.15, -0.1) is 0 Å². The summed E-state index contributed by atoms with van der Waals surface area (Å²) in [6.07, 6.45) is 0. The van der Waals surface area contributed by atoms with Crippen LogP contribution in [0.4, 0.5) is 14.5 Å². The van der Waals surface area contributed by atoms with Crippen molar-refractivity contribution in [1.29, 1.82) is 0 Å². The number of nitrogen functional groups attached to an aromatic ring is 1. The molecule has 0 fully saturated rings. The summed E-state index contributed by atoms with van der Waals surface area (Å²) in [5.41, 5.74) is 7.37. The van der Waals surface area contributed by atoms with Gasteiger partial charge in [-0.1, -0.05) is 26.0 Å². The molecule has 3 rings (SSSR count). The fraction of sp³-hybridized carbons (Fsp3) is 0.158. The standard InChI is InChI=1S/C17H13F2N3O.C2H6/c18-13-7-12(8-14(19)9-13)16-4-5-17(23)22(21-16)10-11-2-1-3-15(20)6-11;1-2/h1-9H,10,20H2;1-2H3. The van der Waals surface area contributed by atoms with E-state index in [1.54, 1.807) is 18.2 Å². The molecule has 3 aromatic rings. The van der Waals surface area contributed by atoms with Crippen LogP contribution in [0.2, 0.25) is 0 Å². The topological polar surface area (TPSA) is 60.9 Å². The van der Waals surface area contributed by atoms with Crippen molar-refractivity contribution in [2.75, 3.05) is 5.73 Å². The lowest BCUT2D eigenvalue weighted by Gasteiger charge is -2.08. The van der Waals surface area contributed by atoms with Crippen molar-refractivity contribution in [3.8, 4) is 11.3 Å². The van der Waals surface area contributed by atoms with Crippen molar-refractivity contribution in [2.24, 2.45) is 0 Å². The number of hydrogen-bond acceptors (Lipinski definition) is 3. The van der Waals surface area contributed by atoms with Gasteiger partial charge < -0.3 is 5.73 Å². The summed E-state index contributed by atoms with van der Waals surface area (Å²) in [6.45, 7) is 4.22. The van der Waals surface area contributed by atoms with Gasteiger partial charge in [-0.2, -0.15) is 5.10 Å². The number of hydrogen-bond donors (Lipinski definition) is 1. The van der Waals surface area contributed by atoms with E-state index in [1.807, 2.05) is 19.9 Å². The van der Waals surface area contributed by atoms with E-state index in [2.05, 4.69) is 5.10 Å². The fourth-order valence-corrected chi connectivity index (χ4v) is 2.28. The Hall–Kier alpha value is -3.02. The highest BCUT2D eigenvalue weighted by atomic mass is 19.1. The van der Waals surface area contributed by atoms with E-state index < -0.39 is 11.6 Å². The monoisotopic (exact) mass is 343 g/mol. The highest BCUT2D eigenvalue weighted by Gasteiger charge is 2.07. The van der Waals surface area contributed by atoms with Gasteiger partial charge in [0, 0.05) is 23.4 Å². The lowest BCUT2D eigenvalue weighted by molar-refractivity contribution is 0.583. The van der Waals surface area contributed by atoms with Crippen molar-refractivity contribution in [3.63, 3.8) is 0 Å². The van der Waals surface area contributed by atoms with E-state index in [9.17, 15) is 13.6 Å². The quantitative estimate of drug-likeness (QED) is 0.735. The molecule has 0 spiro atoms. The van der Waals surface area contributed by atoms with Crippen molar-refractivity contribution in [2.45, 2.75) is 20.4 Å². The molecule has 0 saturated carbocycles. The van der Waals surface area contributed by atoms with Gasteiger partial charge in [-0.3, -0.25) is 4.79 Å². The van der Waals surface area contributed by atoms with Crippen molar-refractivity contribution < 1.29 is 8.78 Å². The van der Waals surface area contributed by atoms with Crippen molar-refractivity contribution in [1.82, 2.24) is 9.78 Å². The average Bonchev–Trinajstić information content (AvgIpc) is 2.58. The molecule has 4 nitrogen and oxygen atoms in total. The van der Waals surface area contributed by atoms with Crippen LogP contribution in [0, 0.1) is 11.6 Å². The van der Waals surface area contributed by atoms with Crippen LogP contribution in [0.25, 0.3) is 11.3 Å². The van der Waals surface area contributed by atoms with Gasteiger partial charge in [0.25, 0.3) is 5.56 Å². The summed E-state index contributed by atoms with van der Waals surface area (Å²) in [4.78, 5) is 11.9. The van der Waals surface area contributed by atoms with Crippen LogP contribution in [0.1, 0.15) is 19.4 Å². The Morgan fingerprint density at radius 1 is 1.00 bits per heavy atom. The van der Waals surface area contributed by atoms with Crippen LogP contribution in [-0.2, 0) is 6.54 Å². The van der Waals surface area contributed by atoms with E-state index in [-0.39, 0.29) is 17.7 Å². The van der Waals surface area contributed by atoms with Crippen LogP contribution in [0.3, 0.4) is 0 Å². The Labute approximate surface area is 144 Å². The Bertz CT molecular complexity index is 902. The minimum atomic E-state index is -0.699. The van der Waals surface area contributed by atoms with Crippen LogP contribution >= 0.6 is 0 Å². The van der Waals surface area contributed by atoms with Gasteiger partial charge in [0.15, 0.2) is 0 Å². The molecule has 0 atom stereocenters. The SMILES string of the molecule is CC.Nc1cccc(Cn2nc(-c3cc(F)cc(F)c3)ccc2=O)c1. The summed E-state index contributed by atoms with van der Waals surface area (Å²) < 4.78 is 27.9. The number of anilines is 1. The lowest BCUT2D eigenvalue weighted by atomic mass is 10.1. The molecule has 2 N–H and O–H groups in total. The van der Waals surface area contributed by atoms with E-state index >= 15 is 0 Å². The van der Waals surface area contributed by atoms with Crippen LogP contribution < -0.4 is 11.3 Å². The molecule has 25 heavy (non-hydrogen) atoms. The minimum Gasteiger partial charge on any atom is -0.399 e. The zero-order chi connectivity index (χ0) is 18.4. The Kier molecular flexibility index (Phi) is 6.00. The third-order valence-corrected chi connectivity index (χ3v) is 3.31. The number of aromatic nitrogens is 2. The molecule has 0 unspecified atom stereocenters. The molecule has 0 amide bonds. The van der Waals surface area contributed by atoms with Crippen LogP contribution in [-0.4, -0.2) is 9.78 Å². The molecular formula is C19H19F2N3O. The third kappa shape index (κ3) is 4.73. The second-order valence-corrected chi connectivity index (χ2v) is 5.12. The normalized spacial score (nSPS) is 10.1. The molecule has 0 radical (unpaired) electrons. The van der Waals surface area contributed by atoms with Gasteiger partial charge in [0.2, 0.25) is 0 Å². The summed E-state index contributed by atoms with van der Waals surface area (Å²) >= 11 is 0. The average molecular weight is 343 g/mol. The molecule has 0 bridgehead atoms. The maximum absolute atomic E-state index is 13.3. The van der Waals surface area contributed by atoms with Gasteiger partial charge in [-0.25, -0.2) is 13.5 Å². The number of benzene rings is 2. The molecule has 1 aromatic heterocycles. The number of halogens is 2. The van der Waals surface area contributed by atoms with Gasteiger partial charge in [-0.05, 0) is 35.9 Å². The summed E-state index contributed by atoms with van der Waals surface area (Å²) in [5.74, 6) is -1.40. The summed E-state index contributed by atoms with van der Waals surface area (Å²) in [7, 11) is 0. The molecule has 2 aromatic carbocycles. The molecule has 0 saturated heterocycles. The molecule has 0 aliphatic rings. The maximum atomic E-state index is 13.3. The Morgan fingerprint density at radius 3 is 2.32 bits per heavy atom. The van der Waals surface area contributed by atoms with E-state index in [1.165, 1.54) is 28.9 Å². The first-order valence-electron chi connectivity index (χ1n) is 7.90. The van der Waals surface area contributed by atoms with Crippen molar-refractivity contribution in [3.05, 3.63) is 82.1 Å². The van der Waals surface area contributed by atoms with E-state index in [0.29, 0.717) is 11.4 Å². The lowest BCUT2D eigenvalue weighted by Crippen LogP contribution is -2.22. The van der Waals surface area contributed by atoms with Gasteiger partial charge >= 0.3 is 0 Å². The van der Waals surface area contributed by atoms with Crippen LogP contribution in [0.5, 0.6) is 0 Å². The second-order valence-electron chi connectivity index (χ2n) is 5.12. The molecule has 130 valence electrons. The first-order valence-corrected chi connectivity index (χ1v) is 7.90. The van der Waals surface area contributed by atoms with Gasteiger partial charge in [0.1, 0.15) is 11.6 Å². The first-order chi connectivity index (χ1) is 12.0. The van der Waals surface area contributed by atoms with E-state index in [0.717, 1.165) is 11.6 Å². The zero-order valence-electron chi connectivity index (χ0n) is 14.0. The first kappa shape index (κ1) is 18.3. The molecule has 0 aliphatic carbocycles. The second kappa shape index (κ2) is 8.19. The molecule has 0 aliphatic heterocycles. The summed E-state index contributed by atoms with van der Waals surface area (Å²) in [5, 5.41) is 4.18. The maximum Gasteiger partial charge on any atom is 0.267 e.